The maximum absolute atomic E-state index is 13.7. The molecule has 0 atom stereocenters. The Morgan fingerprint density at radius 2 is 2.17 bits per heavy atom. The van der Waals surface area contributed by atoms with Gasteiger partial charge in [-0.25, -0.2) is 4.39 Å². The molecule has 2 aromatic carbocycles. The highest BCUT2D eigenvalue weighted by atomic mass is 79.9. The van der Waals surface area contributed by atoms with E-state index in [1.54, 1.807) is 24.3 Å². The zero-order valence-electron chi connectivity index (χ0n) is 12.8. The van der Waals surface area contributed by atoms with Gasteiger partial charge < -0.3 is 10.1 Å². The highest BCUT2D eigenvalue weighted by Gasteiger charge is 2.08. The first-order chi connectivity index (χ1) is 11.5. The summed E-state index contributed by atoms with van der Waals surface area (Å²) in [5.41, 5.74) is 1.08. The minimum Gasteiger partial charge on any atom is -0.492 e. The van der Waals surface area contributed by atoms with E-state index >= 15 is 0 Å². The molecule has 2 aromatic rings. The highest BCUT2D eigenvalue weighted by molar-refractivity contribution is 9.10. The van der Waals surface area contributed by atoms with Gasteiger partial charge in [-0.15, -0.1) is 0 Å². The van der Waals surface area contributed by atoms with Gasteiger partial charge in [-0.2, -0.15) is 5.26 Å². The van der Waals surface area contributed by atoms with Gasteiger partial charge in [-0.1, -0.05) is 15.9 Å². The summed E-state index contributed by atoms with van der Waals surface area (Å²) in [5, 5.41) is 11.6. The number of carbonyl (C=O) groups excluding carboxylic acids is 1. The molecular formula is C18H14BrFN2O2. The van der Waals surface area contributed by atoms with Crippen molar-refractivity contribution in [3.63, 3.8) is 0 Å². The summed E-state index contributed by atoms with van der Waals surface area (Å²) in [6, 6.07) is 11.2. The molecule has 0 heterocycles. The fourth-order valence-electron chi connectivity index (χ4n) is 1.96. The molecule has 0 radical (unpaired) electrons. The first-order valence-corrected chi connectivity index (χ1v) is 7.94. The van der Waals surface area contributed by atoms with Gasteiger partial charge in [0.25, 0.3) is 0 Å². The molecule has 0 fully saturated rings. The van der Waals surface area contributed by atoms with Gasteiger partial charge in [-0.3, -0.25) is 4.79 Å². The Kier molecular flexibility index (Phi) is 6.10. The van der Waals surface area contributed by atoms with Crippen molar-refractivity contribution in [1.29, 1.82) is 5.26 Å². The quantitative estimate of drug-likeness (QED) is 0.766. The van der Waals surface area contributed by atoms with Crippen LogP contribution in [0.5, 0.6) is 5.75 Å². The number of amides is 1. The molecule has 122 valence electrons. The first kappa shape index (κ1) is 17.7. The van der Waals surface area contributed by atoms with Crippen LogP contribution in [0.25, 0.3) is 6.08 Å². The number of carbonyl (C=O) groups is 1. The average Bonchev–Trinajstić information content (AvgIpc) is 2.57. The van der Waals surface area contributed by atoms with E-state index < -0.39 is 11.7 Å². The molecule has 6 heteroatoms. The predicted octanol–water partition coefficient (Wildman–Crippen LogP) is 4.51. The Morgan fingerprint density at radius 3 is 2.88 bits per heavy atom. The third-order valence-corrected chi connectivity index (χ3v) is 3.53. The molecule has 0 saturated heterocycles. The van der Waals surface area contributed by atoms with E-state index in [1.165, 1.54) is 24.3 Å². The van der Waals surface area contributed by atoms with E-state index in [9.17, 15) is 9.18 Å². The van der Waals surface area contributed by atoms with Crippen molar-refractivity contribution in [3.8, 4) is 11.8 Å². The Bertz CT molecular complexity index is 828. The maximum Gasteiger partial charge on any atom is 0.248 e. The highest BCUT2D eigenvalue weighted by Crippen LogP contribution is 2.26. The summed E-state index contributed by atoms with van der Waals surface area (Å²) in [7, 11) is 0. The minimum absolute atomic E-state index is 0.287. The van der Waals surface area contributed by atoms with Crippen LogP contribution in [-0.4, -0.2) is 12.5 Å². The predicted molar refractivity (Wildman–Crippen MR) is 94.1 cm³/mol. The standard InChI is InChI=1S/C18H14BrFN2O2/c1-2-24-17-7-3-12(11-21)9-16(17)22-18(23)8-4-13-10-14(19)5-6-15(13)20/h3-10H,2H2,1H3,(H,22,23)/b8-4+. The van der Waals surface area contributed by atoms with Gasteiger partial charge in [0.05, 0.1) is 23.9 Å². The first-order valence-electron chi connectivity index (χ1n) is 7.14. The number of nitrogens with zero attached hydrogens (tertiary/aromatic N) is 1. The summed E-state index contributed by atoms with van der Waals surface area (Å²) in [6.07, 6.45) is 2.60. The van der Waals surface area contributed by atoms with Crippen LogP contribution >= 0.6 is 15.9 Å². The number of hydrogen-bond donors (Lipinski definition) is 1. The van der Waals surface area contributed by atoms with Crippen LogP contribution in [0.3, 0.4) is 0 Å². The third-order valence-electron chi connectivity index (χ3n) is 3.04. The molecular weight excluding hydrogens is 375 g/mol. The van der Waals surface area contributed by atoms with E-state index in [0.717, 1.165) is 0 Å². The van der Waals surface area contributed by atoms with Gasteiger partial charge in [0, 0.05) is 16.1 Å². The Balaban J connectivity index is 2.18. The maximum atomic E-state index is 13.7. The summed E-state index contributed by atoms with van der Waals surface area (Å²) < 4.78 is 19.8. The molecule has 2 rings (SSSR count). The van der Waals surface area contributed by atoms with E-state index in [-0.39, 0.29) is 5.56 Å². The molecule has 0 unspecified atom stereocenters. The Hall–Kier alpha value is -2.65. The van der Waals surface area contributed by atoms with E-state index in [4.69, 9.17) is 10.00 Å². The zero-order valence-corrected chi connectivity index (χ0v) is 14.4. The summed E-state index contributed by atoms with van der Waals surface area (Å²) in [6.45, 7) is 2.24. The van der Waals surface area contributed by atoms with Gasteiger partial charge in [0.2, 0.25) is 5.91 Å². The second kappa shape index (κ2) is 8.27. The lowest BCUT2D eigenvalue weighted by Gasteiger charge is -2.10. The fourth-order valence-corrected chi connectivity index (χ4v) is 2.34. The van der Waals surface area contributed by atoms with Crippen molar-refractivity contribution < 1.29 is 13.9 Å². The number of nitriles is 1. The normalized spacial score (nSPS) is 10.4. The summed E-state index contributed by atoms with van der Waals surface area (Å²) in [5.74, 6) is -0.416. The van der Waals surface area contributed by atoms with Gasteiger partial charge in [0.15, 0.2) is 0 Å². The molecule has 0 saturated carbocycles. The largest absolute Gasteiger partial charge is 0.492 e. The summed E-state index contributed by atoms with van der Waals surface area (Å²) >= 11 is 3.25. The lowest BCUT2D eigenvalue weighted by molar-refractivity contribution is -0.111. The number of rotatable bonds is 5. The topological polar surface area (TPSA) is 62.1 Å². The SMILES string of the molecule is CCOc1ccc(C#N)cc1NC(=O)/C=C/c1cc(Br)ccc1F. The lowest BCUT2D eigenvalue weighted by Crippen LogP contribution is -2.09. The molecule has 0 aliphatic rings. The Labute approximate surface area is 147 Å². The lowest BCUT2D eigenvalue weighted by atomic mass is 10.2. The molecule has 24 heavy (non-hydrogen) atoms. The van der Waals surface area contributed by atoms with Crippen LogP contribution in [0.15, 0.2) is 46.9 Å². The van der Waals surface area contributed by atoms with Crippen LogP contribution < -0.4 is 10.1 Å². The van der Waals surface area contributed by atoms with Crippen molar-refractivity contribution in [2.24, 2.45) is 0 Å². The van der Waals surface area contributed by atoms with Crippen LogP contribution in [0.1, 0.15) is 18.1 Å². The van der Waals surface area contributed by atoms with E-state index in [0.29, 0.717) is 28.1 Å². The third kappa shape index (κ3) is 4.67. The number of benzene rings is 2. The molecule has 0 bridgehead atoms. The van der Waals surface area contributed by atoms with Crippen LogP contribution in [0.2, 0.25) is 0 Å². The van der Waals surface area contributed by atoms with Gasteiger partial charge >= 0.3 is 0 Å². The van der Waals surface area contributed by atoms with Gasteiger partial charge in [-0.05, 0) is 49.4 Å². The van der Waals surface area contributed by atoms with E-state index in [2.05, 4.69) is 21.2 Å². The van der Waals surface area contributed by atoms with Crippen molar-refractivity contribution >= 4 is 33.6 Å². The monoisotopic (exact) mass is 388 g/mol. The van der Waals surface area contributed by atoms with Crippen molar-refractivity contribution in [1.82, 2.24) is 0 Å². The number of anilines is 1. The second-order valence-electron chi connectivity index (χ2n) is 4.74. The zero-order chi connectivity index (χ0) is 17.5. The van der Waals surface area contributed by atoms with Crippen LogP contribution in [-0.2, 0) is 4.79 Å². The minimum atomic E-state index is -0.453. The molecule has 1 N–H and O–H groups in total. The molecule has 0 aromatic heterocycles. The number of hydrogen-bond acceptors (Lipinski definition) is 3. The molecule has 0 spiro atoms. The Morgan fingerprint density at radius 1 is 1.38 bits per heavy atom. The van der Waals surface area contributed by atoms with Crippen LogP contribution in [0.4, 0.5) is 10.1 Å². The number of nitrogens with one attached hydrogen (secondary N) is 1. The smallest absolute Gasteiger partial charge is 0.248 e. The van der Waals surface area contributed by atoms with E-state index in [1.807, 2.05) is 13.0 Å². The molecule has 1 amide bonds. The number of halogens is 2. The summed E-state index contributed by atoms with van der Waals surface area (Å²) in [4.78, 5) is 12.1. The van der Waals surface area contributed by atoms with Crippen molar-refractivity contribution in [2.45, 2.75) is 6.92 Å². The average molecular weight is 389 g/mol. The second-order valence-corrected chi connectivity index (χ2v) is 5.66. The van der Waals surface area contributed by atoms with Crippen LogP contribution in [0, 0.1) is 17.1 Å². The number of ether oxygens (including phenoxy) is 1. The molecule has 0 aliphatic carbocycles. The fraction of sp³-hybridized carbons (Fsp3) is 0.111. The van der Waals surface area contributed by atoms with Crippen molar-refractivity contribution in [2.75, 3.05) is 11.9 Å². The molecule has 4 nitrogen and oxygen atoms in total. The van der Waals surface area contributed by atoms with Crippen molar-refractivity contribution in [3.05, 3.63) is 63.9 Å². The van der Waals surface area contributed by atoms with Gasteiger partial charge in [0.1, 0.15) is 11.6 Å². The molecule has 0 aliphatic heterocycles.